The molecule has 4 rings (SSSR count). The normalized spacial score (nSPS) is 18.2. The summed E-state index contributed by atoms with van der Waals surface area (Å²) in [6.45, 7) is 0.749. The second-order valence-corrected chi connectivity index (χ2v) is 5.43. The second-order valence-electron chi connectivity index (χ2n) is 5.43. The van der Waals surface area contributed by atoms with E-state index in [4.69, 9.17) is 4.74 Å². The Morgan fingerprint density at radius 1 is 1.26 bits per heavy atom. The topological polar surface area (TPSA) is 90.6 Å². The molecule has 1 fully saturated rings. The lowest BCUT2D eigenvalue weighted by molar-refractivity contribution is -0.0479. The number of rotatable bonds is 3. The summed E-state index contributed by atoms with van der Waals surface area (Å²) >= 11 is 0. The Morgan fingerprint density at radius 2 is 2.22 bits per heavy atom. The van der Waals surface area contributed by atoms with E-state index in [1.54, 1.807) is 11.0 Å². The van der Waals surface area contributed by atoms with E-state index in [2.05, 4.69) is 20.3 Å². The van der Waals surface area contributed by atoms with Gasteiger partial charge in [-0.15, -0.1) is 0 Å². The number of benzene rings is 1. The van der Waals surface area contributed by atoms with Crippen molar-refractivity contribution < 1.29 is 4.74 Å². The molecule has 1 aliphatic heterocycles. The molecule has 0 aliphatic carbocycles. The third-order valence-corrected chi connectivity index (χ3v) is 3.86. The largest absolute Gasteiger partial charge is 0.355 e. The quantitative estimate of drug-likeness (QED) is 0.792. The summed E-state index contributed by atoms with van der Waals surface area (Å²) in [6.07, 6.45) is 6.13. The first-order valence-corrected chi connectivity index (χ1v) is 7.58. The van der Waals surface area contributed by atoms with Crippen molar-refractivity contribution in [1.82, 2.24) is 29.8 Å². The summed E-state index contributed by atoms with van der Waals surface area (Å²) in [4.78, 5) is 15.8. The third kappa shape index (κ3) is 2.68. The highest BCUT2D eigenvalue weighted by molar-refractivity contribution is 5.61. The molecule has 1 unspecified atom stereocenters. The summed E-state index contributed by atoms with van der Waals surface area (Å²) in [7, 11) is 0. The Hall–Kier alpha value is -2.74. The maximum atomic E-state index is 11.7. The number of hydrogen-bond donors (Lipinski definition) is 1. The first kappa shape index (κ1) is 13.9. The molecule has 1 N–H and O–H groups in total. The van der Waals surface area contributed by atoms with Crippen molar-refractivity contribution >= 4 is 0 Å². The maximum Gasteiger partial charge on any atom is 0.347 e. The van der Waals surface area contributed by atoms with E-state index in [1.807, 2.05) is 24.3 Å². The Morgan fingerprint density at radius 3 is 3.00 bits per heavy atom. The van der Waals surface area contributed by atoms with Crippen LogP contribution in [0.5, 0.6) is 0 Å². The zero-order valence-electron chi connectivity index (χ0n) is 12.4. The van der Waals surface area contributed by atoms with Crippen LogP contribution in [0.2, 0.25) is 0 Å². The van der Waals surface area contributed by atoms with Crippen molar-refractivity contribution in [2.45, 2.75) is 25.5 Å². The van der Waals surface area contributed by atoms with Crippen molar-refractivity contribution in [2.24, 2.45) is 0 Å². The predicted molar refractivity (Wildman–Crippen MR) is 82.0 cm³/mol. The van der Waals surface area contributed by atoms with Crippen LogP contribution in [0.4, 0.5) is 0 Å². The molecule has 0 radical (unpaired) electrons. The highest BCUT2D eigenvalue weighted by atomic mass is 16.5. The van der Waals surface area contributed by atoms with Crippen LogP contribution in [0.1, 0.15) is 25.5 Å². The van der Waals surface area contributed by atoms with Crippen molar-refractivity contribution in [3.05, 3.63) is 47.3 Å². The van der Waals surface area contributed by atoms with E-state index in [-0.39, 0.29) is 11.9 Å². The van der Waals surface area contributed by atoms with Gasteiger partial charge in [-0.1, -0.05) is 12.1 Å². The molecule has 23 heavy (non-hydrogen) atoms. The predicted octanol–water partition coefficient (Wildman–Crippen LogP) is 1.52. The highest BCUT2D eigenvalue weighted by Gasteiger charge is 2.18. The fraction of sp³-hybridized carbons (Fsp3) is 0.333. The highest BCUT2D eigenvalue weighted by Crippen LogP contribution is 2.23. The minimum absolute atomic E-state index is 0.0883. The summed E-state index contributed by atoms with van der Waals surface area (Å²) in [5, 5.41) is 12.8. The van der Waals surface area contributed by atoms with Crippen molar-refractivity contribution in [1.29, 1.82) is 0 Å². The fourth-order valence-electron chi connectivity index (χ4n) is 2.69. The molecule has 0 spiro atoms. The number of nitrogens with one attached hydrogen (secondary N) is 1. The van der Waals surface area contributed by atoms with E-state index in [0.29, 0.717) is 5.69 Å². The second kappa shape index (κ2) is 5.81. The molecule has 1 atom stereocenters. The van der Waals surface area contributed by atoms with Crippen LogP contribution in [0.3, 0.4) is 0 Å². The van der Waals surface area contributed by atoms with E-state index in [0.717, 1.165) is 37.1 Å². The number of aromatic nitrogens is 6. The van der Waals surface area contributed by atoms with E-state index >= 15 is 0 Å². The minimum Gasteiger partial charge on any atom is -0.355 e. The van der Waals surface area contributed by atoms with Crippen LogP contribution < -0.4 is 5.69 Å². The molecule has 0 saturated carbocycles. The van der Waals surface area contributed by atoms with Crippen LogP contribution in [0.25, 0.3) is 16.9 Å². The summed E-state index contributed by atoms with van der Waals surface area (Å²) < 4.78 is 6.99. The minimum atomic E-state index is -0.276. The zero-order valence-corrected chi connectivity index (χ0v) is 12.4. The molecule has 0 amide bonds. The van der Waals surface area contributed by atoms with Crippen molar-refractivity contribution in [3.63, 3.8) is 0 Å². The van der Waals surface area contributed by atoms with Gasteiger partial charge in [0.15, 0.2) is 6.23 Å². The average Bonchev–Trinajstić information content (AvgIpc) is 3.25. The molecule has 3 heterocycles. The van der Waals surface area contributed by atoms with Gasteiger partial charge >= 0.3 is 5.69 Å². The SMILES string of the molecule is O=c1[nH]cnn1-c1cccc(-c2cnn(C3CCCCO3)n2)c1. The zero-order chi connectivity index (χ0) is 15.6. The number of aromatic amines is 1. The lowest BCUT2D eigenvalue weighted by Crippen LogP contribution is -2.20. The van der Waals surface area contributed by atoms with Gasteiger partial charge in [-0.25, -0.2) is 4.79 Å². The Kier molecular flexibility index (Phi) is 3.51. The van der Waals surface area contributed by atoms with Crippen LogP contribution in [-0.4, -0.2) is 36.4 Å². The van der Waals surface area contributed by atoms with Gasteiger partial charge in [0, 0.05) is 12.2 Å². The van der Waals surface area contributed by atoms with Gasteiger partial charge in [0.2, 0.25) is 0 Å². The summed E-state index contributed by atoms with van der Waals surface area (Å²) in [6, 6.07) is 7.47. The van der Waals surface area contributed by atoms with Crippen LogP contribution in [0.15, 0.2) is 41.6 Å². The van der Waals surface area contributed by atoms with Crippen molar-refractivity contribution in [2.75, 3.05) is 6.61 Å². The lowest BCUT2D eigenvalue weighted by Gasteiger charge is -2.21. The third-order valence-electron chi connectivity index (χ3n) is 3.86. The first-order chi connectivity index (χ1) is 11.3. The Balaban J connectivity index is 1.65. The van der Waals surface area contributed by atoms with Crippen LogP contribution in [0, 0.1) is 0 Å². The molecule has 8 nitrogen and oxygen atoms in total. The number of H-pyrrole nitrogens is 1. The molecular formula is C15H16N6O2. The van der Waals surface area contributed by atoms with Gasteiger partial charge in [0.1, 0.15) is 12.0 Å². The Labute approximate surface area is 131 Å². The van der Waals surface area contributed by atoms with Gasteiger partial charge in [-0.05, 0) is 31.4 Å². The lowest BCUT2D eigenvalue weighted by atomic mass is 10.1. The van der Waals surface area contributed by atoms with Crippen LogP contribution in [-0.2, 0) is 4.74 Å². The number of hydrogen-bond acceptors (Lipinski definition) is 5. The molecular weight excluding hydrogens is 296 g/mol. The van der Waals surface area contributed by atoms with Crippen molar-refractivity contribution in [3.8, 4) is 16.9 Å². The Bertz CT molecular complexity index is 858. The molecule has 1 saturated heterocycles. The van der Waals surface area contributed by atoms with Crippen LogP contribution >= 0.6 is 0 Å². The molecule has 118 valence electrons. The van der Waals surface area contributed by atoms with E-state index in [9.17, 15) is 4.79 Å². The summed E-state index contributed by atoms with van der Waals surface area (Å²) in [5.41, 5.74) is 2.02. The smallest absolute Gasteiger partial charge is 0.347 e. The fourth-order valence-corrected chi connectivity index (χ4v) is 2.69. The van der Waals surface area contributed by atoms with Gasteiger partial charge in [-0.2, -0.15) is 24.8 Å². The monoisotopic (exact) mass is 312 g/mol. The molecule has 1 aromatic carbocycles. The van der Waals surface area contributed by atoms with E-state index < -0.39 is 0 Å². The molecule has 8 heteroatoms. The first-order valence-electron chi connectivity index (χ1n) is 7.58. The van der Waals surface area contributed by atoms with E-state index in [1.165, 1.54) is 11.0 Å². The molecule has 1 aliphatic rings. The molecule has 2 aromatic heterocycles. The average molecular weight is 312 g/mol. The molecule has 3 aromatic rings. The number of ether oxygens (including phenoxy) is 1. The maximum absolute atomic E-state index is 11.7. The van der Waals surface area contributed by atoms with Gasteiger partial charge < -0.3 is 4.74 Å². The van der Waals surface area contributed by atoms with Gasteiger partial charge in [0.25, 0.3) is 0 Å². The standard InChI is InChI=1S/C15H16N6O2/c22-15-16-10-18-20(15)12-5-3-4-11(8-12)13-9-17-21(19-13)14-6-1-2-7-23-14/h3-5,8-10,14H,1-2,6-7H2,(H,16,18,22). The number of nitrogens with zero attached hydrogens (tertiary/aromatic N) is 5. The summed E-state index contributed by atoms with van der Waals surface area (Å²) in [5.74, 6) is 0. The molecule has 0 bridgehead atoms. The van der Waals surface area contributed by atoms with Gasteiger partial charge in [0.05, 0.1) is 11.9 Å². The van der Waals surface area contributed by atoms with Gasteiger partial charge in [-0.3, -0.25) is 4.98 Å².